The molecule has 4 nitrogen and oxygen atoms in total. The highest BCUT2D eigenvalue weighted by Crippen LogP contribution is 1.96. The zero-order valence-electron chi connectivity index (χ0n) is 8.18. The number of pyridine rings is 1. The van der Waals surface area contributed by atoms with Crippen LogP contribution in [-0.2, 0) is 9.63 Å². The molecule has 0 aromatic carbocycles. The molecule has 1 rings (SSSR count). The molecule has 0 aliphatic rings. The van der Waals surface area contributed by atoms with Gasteiger partial charge in [0.05, 0.1) is 12.1 Å². The van der Waals surface area contributed by atoms with Gasteiger partial charge in [0, 0.05) is 18.0 Å². The molecule has 0 radical (unpaired) electrons. The smallest absolute Gasteiger partial charge is 0.318 e. The van der Waals surface area contributed by atoms with Gasteiger partial charge in [-0.3, -0.25) is 4.98 Å². The molecule has 0 saturated carbocycles. The predicted octanol–water partition coefficient (Wildman–Crippen LogP) is 1.61. The molecule has 0 atom stereocenters. The molecule has 0 N–H and O–H groups in total. The predicted molar refractivity (Wildman–Crippen MR) is 52.8 cm³/mol. The average Bonchev–Trinajstić information content (AvgIpc) is 2.19. The minimum Gasteiger partial charge on any atom is -0.318 e. The van der Waals surface area contributed by atoms with E-state index in [1.165, 1.54) is 6.21 Å². The van der Waals surface area contributed by atoms with E-state index >= 15 is 0 Å². The topological polar surface area (TPSA) is 51.5 Å². The highest BCUT2D eigenvalue weighted by Gasteiger charge is 2.06. The van der Waals surface area contributed by atoms with Gasteiger partial charge in [0.25, 0.3) is 0 Å². The minimum atomic E-state index is -0.342. The van der Waals surface area contributed by atoms with Crippen molar-refractivity contribution >= 4 is 12.2 Å². The number of carbonyl (C=O) groups is 1. The Kier molecular flexibility index (Phi) is 3.79. The first-order valence-electron chi connectivity index (χ1n) is 4.34. The Morgan fingerprint density at radius 2 is 2.43 bits per heavy atom. The van der Waals surface area contributed by atoms with E-state index < -0.39 is 0 Å². The lowest BCUT2D eigenvalue weighted by Crippen LogP contribution is -2.08. The lowest BCUT2D eigenvalue weighted by molar-refractivity contribution is -0.147. The number of nitrogens with zero attached hydrogens (tertiary/aromatic N) is 2. The molecule has 0 aliphatic heterocycles. The van der Waals surface area contributed by atoms with Gasteiger partial charge in [0.2, 0.25) is 0 Å². The highest BCUT2D eigenvalue weighted by atomic mass is 16.7. The summed E-state index contributed by atoms with van der Waals surface area (Å²) < 4.78 is 0. The second-order valence-electron chi connectivity index (χ2n) is 3.09. The first-order chi connectivity index (χ1) is 6.70. The second-order valence-corrected chi connectivity index (χ2v) is 3.09. The second kappa shape index (κ2) is 5.11. The van der Waals surface area contributed by atoms with Crippen LogP contribution in [0.3, 0.4) is 0 Å². The van der Waals surface area contributed by atoms with Gasteiger partial charge in [-0.2, -0.15) is 0 Å². The number of hydrogen-bond acceptors (Lipinski definition) is 4. The third-order valence-corrected chi connectivity index (χ3v) is 1.50. The monoisotopic (exact) mass is 192 g/mol. The van der Waals surface area contributed by atoms with Gasteiger partial charge >= 0.3 is 5.97 Å². The fourth-order valence-electron chi connectivity index (χ4n) is 0.697. The molecule has 74 valence electrons. The molecular weight excluding hydrogens is 180 g/mol. The van der Waals surface area contributed by atoms with Crippen LogP contribution in [0.15, 0.2) is 29.7 Å². The van der Waals surface area contributed by atoms with Gasteiger partial charge in [-0.25, -0.2) is 4.79 Å². The Labute approximate surface area is 82.6 Å². The first kappa shape index (κ1) is 10.4. The van der Waals surface area contributed by atoms with Gasteiger partial charge in [-0.1, -0.05) is 25.1 Å². The van der Waals surface area contributed by atoms with Gasteiger partial charge < -0.3 is 4.84 Å². The van der Waals surface area contributed by atoms with E-state index in [1.54, 1.807) is 32.3 Å². The highest BCUT2D eigenvalue weighted by molar-refractivity contribution is 5.79. The quantitative estimate of drug-likeness (QED) is 0.415. The molecule has 0 spiro atoms. The SMILES string of the molecule is CC(C)C(=O)ON=Cc1cccnc1. The van der Waals surface area contributed by atoms with Gasteiger partial charge in [0.15, 0.2) is 0 Å². The standard InChI is InChI=1S/C10H12N2O2/c1-8(2)10(13)14-12-7-9-4-3-5-11-6-9/h3-8H,1-2H3. The molecule has 1 aromatic rings. The van der Waals surface area contributed by atoms with Crippen molar-refractivity contribution in [3.63, 3.8) is 0 Å². The van der Waals surface area contributed by atoms with Crippen molar-refractivity contribution in [1.29, 1.82) is 0 Å². The Hall–Kier alpha value is -1.71. The third-order valence-electron chi connectivity index (χ3n) is 1.50. The fourth-order valence-corrected chi connectivity index (χ4v) is 0.697. The summed E-state index contributed by atoms with van der Waals surface area (Å²) in [6.45, 7) is 3.50. The number of rotatable bonds is 3. The Balaban J connectivity index is 2.46. The molecule has 14 heavy (non-hydrogen) atoms. The van der Waals surface area contributed by atoms with Crippen molar-refractivity contribution in [2.45, 2.75) is 13.8 Å². The molecule has 0 aliphatic carbocycles. The summed E-state index contributed by atoms with van der Waals surface area (Å²) in [4.78, 5) is 19.5. The number of oxime groups is 1. The van der Waals surface area contributed by atoms with Crippen LogP contribution in [0.4, 0.5) is 0 Å². The van der Waals surface area contributed by atoms with Crippen molar-refractivity contribution in [2.24, 2.45) is 11.1 Å². The van der Waals surface area contributed by atoms with E-state index in [0.29, 0.717) is 0 Å². The van der Waals surface area contributed by atoms with Crippen LogP contribution in [0.5, 0.6) is 0 Å². The molecular formula is C10H12N2O2. The van der Waals surface area contributed by atoms with E-state index in [-0.39, 0.29) is 11.9 Å². The molecule has 4 heteroatoms. The maximum atomic E-state index is 11.0. The van der Waals surface area contributed by atoms with Crippen molar-refractivity contribution in [2.75, 3.05) is 0 Å². The molecule has 0 unspecified atom stereocenters. The van der Waals surface area contributed by atoms with E-state index in [2.05, 4.69) is 15.0 Å². The lowest BCUT2D eigenvalue weighted by atomic mass is 10.2. The molecule has 1 heterocycles. The Bertz CT molecular complexity index is 320. The van der Waals surface area contributed by atoms with Crippen LogP contribution >= 0.6 is 0 Å². The summed E-state index contributed by atoms with van der Waals surface area (Å²) in [5, 5.41) is 3.55. The van der Waals surface area contributed by atoms with Crippen LogP contribution in [0.2, 0.25) is 0 Å². The largest absolute Gasteiger partial charge is 0.337 e. The van der Waals surface area contributed by atoms with Crippen LogP contribution in [0.25, 0.3) is 0 Å². The normalized spacial score (nSPS) is 10.8. The fraction of sp³-hybridized carbons (Fsp3) is 0.300. The Morgan fingerprint density at radius 3 is 3.00 bits per heavy atom. The molecule has 0 bridgehead atoms. The van der Waals surface area contributed by atoms with E-state index in [4.69, 9.17) is 0 Å². The molecule has 0 fully saturated rings. The molecule has 1 aromatic heterocycles. The van der Waals surface area contributed by atoms with Gasteiger partial charge in [0.1, 0.15) is 0 Å². The van der Waals surface area contributed by atoms with E-state index in [0.717, 1.165) is 5.56 Å². The third kappa shape index (κ3) is 3.35. The van der Waals surface area contributed by atoms with Crippen LogP contribution < -0.4 is 0 Å². The summed E-state index contributed by atoms with van der Waals surface area (Å²) in [5.41, 5.74) is 0.795. The summed E-state index contributed by atoms with van der Waals surface area (Å²) in [6, 6.07) is 3.60. The van der Waals surface area contributed by atoms with Crippen molar-refractivity contribution < 1.29 is 9.63 Å². The van der Waals surface area contributed by atoms with Gasteiger partial charge in [-0.15, -0.1) is 0 Å². The zero-order chi connectivity index (χ0) is 10.4. The number of hydrogen-bond donors (Lipinski definition) is 0. The average molecular weight is 192 g/mol. The Morgan fingerprint density at radius 1 is 1.64 bits per heavy atom. The van der Waals surface area contributed by atoms with E-state index in [9.17, 15) is 4.79 Å². The summed E-state index contributed by atoms with van der Waals surface area (Å²) >= 11 is 0. The minimum absolute atomic E-state index is 0.166. The van der Waals surface area contributed by atoms with Crippen molar-refractivity contribution in [3.05, 3.63) is 30.1 Å². The van der Waals surface area contributed by atoms with Crippen LogP contribution in [0.1, 0.15) is 19.4 Å². The summed E-state index contributed by atoms with van der Waals surface area (Å²) in [7, 11) is 0. The summed E-state index contributed by atoms with van der Waals surface area (Å²) in [5.74, 6) is -0.508. The van der Waals surface area contributed by atoms with E-state index in [1.807, 2.05) is 6.07 Å². The van der Waals surface area contributed by atoms with Crippen LogP contribution in [0, 0.1) is 5.92 Å². The number of aromatic nitrogens is 1. The number of carbonyl (C=O) groups excluding carboxylic acids is 1. The van der Waals surface area contributed by atoms with Crippen molar-refractivity contribution in [1.82, 2.24) is 4.98 Å². The maximum Gasteiger partial charge on any atom is 0.337 e. The maximum absolute atomic E-state index is 11.0. The van der Waals surface area contributed by atoms with Crippen molar-refractivity contribution in [3.8, 4) is 0 Å². The first-order valence-corrected chi connectivity index (χ1v) is 4.34. The molecule has 0 saturated heterocycles. The molecule has 0 amide bonds. The summed E-state index contributed by atoms with van der Waals surface area (Å²) in [6.07, 6.45) is 4.75. The van der Waals surface area contributed by atoms with Crippen LogP contribution in [-0.4, -0.2) is 17.2 Å². The zero-order valence-corrected chi connectivity index (χ0v) is 8.18. The van der Waals surface area contributed by atoms with Gasteiger partial charge in [-0.05, 0) is 6.07 Å². The lowest BCUT2D eigenvalue weighted by Gasteiger charge is -1.98.